The average molecular weight is 345 g/mol. The molecule has 0 N–H and O–H groups in total. The fourth-order valence-corrected chi connectivity index (χ4v) is 2.54. The lowest BCUT2D eigenvalue weighted by atomic mass is 10.1. The van der Waals surface area contributed by atoms with Crippen molar-refractivity contribution >= 4 is 39.9 Å². The Morgan fingerprint density at radius 1 is 1.56 bits per heavy atom. The molecule has 0 saturated carbocycles. The van der Waals surface area contributed by atoms with Crippen LogP contribution in [0.3, 0.4) is 0 Å². The largest absolute Gasteiger partial charge is 0.465 e. The summed E-state index contributed by atoms with van der Waals surface area (Å²) < 4.78 is 5.54. The highest BCUT2D eigenvalue weighted by molar-refractivity contribution is 14.1. The second-order valence-corrected chi connectivity index (χ2v) is 5.07. The lowest BCUT2D eigenvalue weighted by Crippen LogP contribution is -2.04. The van der Waals surface area contributed by atoms with Crippen molar-refractivity contribution in [1.82, 2.24) is 4.98 Å². The van der Waals surface area contributed by atoms with Crippen molar-refractivity contribution in [3.63, 3.8) is 0 Å². The number of thiophene rings is 1. The van der Waals surface area contributed by atoms with Gasteiger partial charge >= 0.3 is 5.97 Å². The van der Waals surface area contributed by atoms with Crippen LogP contribution in [0.25, 0.3) is 10.4 Å². The van der Waals surface area contributed by atoms with E-state index in [1.807, 2.05) is 17.5 Å². The fourth-order valence-electron chi connectivity index (χ4n) is 1.34. The molecule has 0 aromatic carbocycles. The summed E-state index contributed by atoms with van der Waals surface area (Å²) in [6, 6.07) is 5.64. The van der Waals surface area contributed by atoms with E-state index in [1.165, 1.54) is 7.11 Å². The second kappa shape index (κ2) is 4.92. The van der Waals surface area contributed by atoms with E-state index in [0.29, 0.717) is 5.56 Å². The predicted octanol–water partition coefficient (Wildman–Crippen LogP) is 3.20. The number of hydrogen-bond donors (Lipinski definition) is 0. The minimum Gasteiger partial charge on any atom is -0.465 e. The minimum absolute atomic E-state index is 0.330. The van der Waals surface area contributed by atoms with E-state index in [-0.39, 0.29) is 5.97 Å². The predicted molar refractivity (Wildman–Crippen MR) is 71.6 cm³/mol. The Bertz CT molecular complexity index is 511. The first-order chi connectivity index (χ1) is 7.72. The zero-order chi connectivity index (χ0) is 11.5. The summed E-state index contributed by atoms with van der Waals surface area (Å²) in [6.45, 7) is 0. The Morgan fingerprint density at radius 3 is 3.00 bits per heavy atom. The van der Waals surface area contributed by atoms with Gasteiger partial charge in [-0.15, -0.1) is 11.3 Å². The number of carbonyl (C=O) groups is 1. The molecule has 0 atom stereocenters. The van der Waals surface area contributed by atoms with Gasteiger partial charge in [0.1, 0.15) is 3.70 Å². The maximum absolute atomic E-state index is 11.6. The molecule has 0 aliphatic rings. The van der Waals surface area contributed by atoms with E-state index in [0.717, 1.165) is 14.1 Å². The van der Waals surface area contributed by atoms with E-state index >= 15 is 0 Å². The molecule has 2 heterocycles. The summed E-state index contributed by atoms with van der Waals surface area (Å²) in [6.07, 6.45) is 1.71. The van der Waals surface area contributed by atoms with Gasteiger partial charge in [-0.3, -0.25) is 0 Å². The number of esters is 1. The number of methoxy groups -OCH3 is 1. The Kier molecular flexibility index (Phi) is 3.55. The van der Waals surface area contributed by atoms with Gasteiger partial charge in [-0.25, -0.2) is 9.78 Å². The molecule has 0 fully saturated rings. The molecular weight excluding hydrogens is 337 g/mol. The number of rotatable bonds is 2. The van der Waals surface area contributed by atoms with Crippen LogP contribution < -0.4 is 0 Å². The number of aromatic nitrogens is 1. The highest BCUT2D eigenvalue weighted by Gasteiger charge is 2.14. The maximum Gasteiger partial charge on any atom is 0.338 e. The highest BCUT2D eigenvalue weighted by atomic mass is 127. The molecule has 0 saturated heterocycles. The van der Waals surface area contributed by atoms with E-state index in [1.54, 1.807) is 23.6 Å². The van der Waals surface area contributed by atoms with Crippen LogP contribution >= 0.6 is 33.9 Å². The van der Waals surface area contributed by atoms with E-state index < -0.39 is 0 Å². The number of pyridine rings is 1. The number of nitrogens with zero attached hydrogens (tertiary/aromatic N) is 1. The molecule has 2 rings (SSSR count). The number of halogens is 1. The first-order valence-electron chi connectivity index (χ1n) is 4.50. The molecule has 3 nitrogen and oxygen atoms in total. The Labute approximate surface area is 111 Å². The van der Waals surface area contributed by atoms with Crippen LogP contribution in [-0.2, 0) is 4.74 Å². The number of ether oxygens (including phenoxy) is 1. The summed E-state index contributed by atoms with van der Waals surface area (Å²) in [5, 5.41) is 1.97. The van der Waals surface area contributed by atoms with Crippen LogP contribution in [0.4, 0.5) is 0 Å². The molecule has 0 bridgehead atoms. The first kappa shape index (κ1) is 11.5. The van der Waals surface area contributed by atoms with Crippen LogP contribution in [0, 0.1) is 3.70 Å². The second-order valence-electron chi connectivity index (χ2n) is 3.02. The molecule has 16 heavy (non-hydrogen) atoms. The van der Waals surface area contributed by atoms with E-state index in [4.69, 9.17) is 4.74 Å². The van der Waals surface area contributed by atoms with Crippen LogP contribution in [0.5, 0.6) is 0 Å². The van der Waals surface area contributed by atoms with Crippen molar-refractivity contribution in [3.8, 4) is 10.4 Å². The SMILES string of the molecule is COC(=O)c1cc(I)ncc1-c1cccs1. The molecule has 2 aromatic rings. The van der Waals surface area contributed by atoms with E-state index in [2.05, 4.69) is 27.6 Å². The van der Waals surface area contributed by atoms with Gasteiger partial charge in [0.05, 0.1) is 12.7 Å². The quantitative estimate of drug-likeness (QED) is 0.477. The van der Waals surface area contributed by atoms with Gasteiger partial charge in [0.2, 0.25) is 0 Å². The third kappa shape index (κ3) is 2.25. The number of hydrogen-bond acceptors (Lipinski definition) is 4. The highest BCUT2D eigenvalue weighted by Crippen LogP contribution is 2.28. The van der Waals surface area contributed by atoms with Crippen molar-refractivity contribution in [2.75, 3.05) is 7.11 Å². The molecule has 2 aromatic heterocycles. The van der Waals surface area contributed by atoms with Crippen molar-refractivity contribution in [2.24, 2.45) is 0 Å². The zero-order valence-corrected chi connectivity index (χ0v) is 11.4. The maximum atomic E-state index is 11.6. The molecule has 0 unspecified atom stereocenters. The van der Waals surface area contributed by atoms with Crippen molar-refractivity contribution in [2.45, 2.75) is 0 Å². The zero-order valence-electron chi connectivity index (χ0n) is 8.44. The smallest absolute Gasteiger partial charge is 0.338 e. The lowest BCUT2D eigenvalue weighted by Gasteiger charge is -2.05. The first-order valence-corrected chi connectivity index (χ1v) is 6.46. The van der Waals surface area contributed by atoms with Crippen molar-refractivity contribution in [1.29, 1.82) is 0 Å². The van der Waals surface area contributed by atoms with E-state index in [9.17, 15) is 4.79 Å². The minimum atomic E-state index is -0.330. The topological polar surface area (TPSA) is 39.2 Å². The summed E-state index contributed by atoms with van der Waals surface area (Å²) in [5.41, 5.74) is 1.38. The Morgan fingerprint density at radius 2 is 2.38 bits per heavy atom. The fraction of sp³-hybridized carbons (Fsp3) is 0.0909. The molecule has 0 amide bonds. The third-order valence-corrected chi connectivity index (χ3v) is 3.56. The van der Waals surface area contributed by atoms with Gasteiger partial charge in [-0.05, 0) is 40.1 Å². The average Bonchev–Trinajstić information content (AvgIpc) is 2.81. The molecular formula is C11H8INO2S. The lowest BCUT2D eigenvalue weighted by molar-refractivity contribution is 0.0601. The van der Waals surface area contributed by atoms with Crippen LogP contribution in [-0.4, -0.2) is 18.1 Å². The van der Waals surface area contributed by atoms with Crippen LogP contribution in [0.2, 0.25) is 0 Å². The molecule has 5 heteroatoms. The van der Waals surface area contributed by atoms with Gasteiger partial charge in [0.15, 0.2) is 0 Å². The van der Waals surface area contributed by atoms with Gasteiger partial charge in [-0.2, -0.15) is 0 Å². The number of carbonyl (C=O) groups excluding carboxylic acids is 1. The molecule has 0 aliphatic heterocycles. The summed E-state index contributed by atoms with van der Waals surface area (Å²) >= 11 is 3.65. The monoisotopic (exact) mass is 345 g/mol. The van der Waals surface area contributed by atoms with Crippen LogP contribution in [0.1, 0.15) is 10.4 Å². The van der Waals surface area contributed by atoms with Crippen molar-refractivity contribution < 1.29 is 9.53 Å². The van der Waals surface area contributed by atoms with Gasteiger partial charge in [-0.1, -0.05) is 6.07 Å². The van der Waals surface area contributed by atoms with Crippen molar-refractivity contribution in [3.05, 3.63) is 39.0 Å². The molecule has 82 valence electrons. The van der Waals surface area contributed by atoms with Gasteiger partial charge in [0, 0.05) is 16.6 Å². The van der Waals surface area contributed by atoms with Gasteiger partial charge in [0.25, 0.3) is 0 Å². The Balaban J connectivity index is 2.57. The molecule has 0 radical (unpaired) electrons. The molecule has 0 aliphatic carbocycles. The standard InChI is InChI=1S/C11H8INO2S/c1-15-11(14)7-5-10(12)13-6-8(7)9-3-2-4-16-9/h2-6H,1H3. The van der Waals surface area contributed by atoms with Gasteiger partial charge < -0.3 is 4.74 Å². The summed E-state index contributed by atoms with van der Waals surface area (Å²) in [7, 11) is 1.38. The molecule has 0 spiro atoms. The summed E-state index contributed by atoms with van der Waals surface area (Å²) in [4.78, 5) is 16.8. The Hall–Kier alpha value is -0.950. The summed E-state index contributed by atoms with van der Waals surface area (Å²) in [5.74, 6) is -0.330. The normalized spacial score (nSPS) is 10.1. The van der Waals surface area contributed by atoms with Crippen LogP contribution in [0.15, 0.2) is 29.8 Å². The third-order valence-electron chi connectivity index (χ3n) is 2.06.